The van der Waals surface area contributed by atoms with Crippen molar-refractivity contribution in [2.45, 2.75) is 44.0 Å². The molecule has 0 saturated carbocycles. The normalized spacial score (nSPS) is 24.0. The van der Waals surface area contributed by atoms with E-state index in [9.17, 15) is 0 Å². The Balaban J connectivity index is 1.77. The first-order valence-electron chi connectivity index (χ1n) is 8.55. The van der Waals surface area contributed by atoms with Crippen molar-refractivity contribution < 1.29 is 13.7 Å². The highest BCUT2D eigenvalue weighted by molar-refractivity contribution is 7.93. The van der Waals surface area contributed by atoms with Crippen molar-refractivity contribution >= 4 is 39.9 Å². The molecular formula is C17H25ClN5O3S+. The number of nitrogens with zero attached hydrogens (tertiary/aromatic N) is 4. The largest absolute Gasteiger partial charge is 0.368 e. The smallest absolute Gasteiger partial charge is 0.223 e. The van der Waals surface area contributed by atoms with Crippen LogP contribution in [-0.4, -0.2) is 55.9 Å². The van der Waals surface area contributed by atoms with Crippen molar-refractivity contribution in [1.82, 2.24) is 19.5 Å². The van der Waals surface area contributed by atoms with E-state index in [0.717, 1.165) is 0 Å². The molecule has 0 amide bonds. The summed E-state index contributed by atoms with van der Waals surface area (Å²) in [6.07, 6.45) is 4.57. The highest BCUT2D eigenvalue weighted by Gasteiger charge is 2.47. The maximum absolute atomic E-state index is 6.11. The minimum absolute atomic E-state index is 0.0758. The first kappa shape index (κ1) is 20.3. The number of rotatable bonds is 7. The molecule has 0 aromatic carbocycles. The maximum atomic E-state index is 6.11. The van der Waals surface area contributed by atoms with E-state index in [2.05, 4.69) is 48.6 Å². The average Bonchev–Trinajstić information content (AvgIpc) is 2.97. The van der Waals surface area contributed by atoms with Gasteiger partial charge in [0.1, 0.15) is 41.8 Å². The van der Waals surface area contributed by atoms with Gasteiger partial charge in [0.15, 0.2) is 21.8 Å². The zero-order valence-electron chi connectivity index (χ0n) is 15.9. The monoisotopic (exact) mass is 414 g/mol. The number of ether oxygens (including phenoxy) is 2. The number of halogens is 1. The van der Waals surface area contributed by atoms with Gasteiger partial charge < -0.3 is 15.2 Å². The minimum atomic E-state index is -0.401. The molecule has 4 atom stereocenters. The van der Waals surface area contributed by atoms with Crippen LogP contribution in [0.1, 0.15) is 27.0 Å². The van der Waals surface area contributed by atoms with Crippen LogP contribution < -0.4 is 5.73 Å². The molecule has 4 unspecified atom stereocenters. The fourth-order valence-corrected chi connectivity index (χ4v) is 3.50. The molecular weight excluding hydrogens is 390 g/mol. The Morgan fingerprint density at radius 1 is 1.44 bits per heavy atom. The number of nitrogen functional groups attached to an aromatic ring is 1. The van der Waals surface area contributed by atoms with Crippen molar-refractivity contribution in [3.63, 3.8) is 0 Å². The van der Waals surface area contributed by atoms with Crippen LogP contribution in [-0.2, 0) is 24.8 Å². The SMILES string of the molecule is C=CCOC1C(CO[S+](C)C(C)(C)C)OC1n1cnc2c(Cl)nc(N)nc21. The van der Waals surface area contributed by atoms with Crippen LogP contribution in [0.2, 0.25) is 5.15 Å². The minimum Gasteiger partial charge on any atom is -0.368 e. The number of anilines is 1. The maximum Gasteiger partial charge on any atom is 0.223 e. The summed E-state index contributed by atoms with van der Waals surface area (Å²) in [5.41, 5.74) is 6.70. The molecule has 3 rings (SSSR count). The Kier molecular flexibility index (Phi) is 5.97. The van der Waals surface area contributed by atoms with E-state index in [1.807, 2.05) is 0 Å². The molecule has 1 aliphatic heterocycles. The van der Waals surface area contributed by atoms with Crippen LogP contribution in [0.3, 0.4) is 0 Å². The number of aromatic nitrogens is 4. The summed E-state index contributed by atoms with van der Waals surface area (Å²) < 4.78 is 19.8. The molecule has 1 aliphatic rings. The van der Waals surface area contributed by atoms with Crippen molar-refractivity contribution in [3.05, 3.63) is 24.1 Å². The number of nitrogens with two attached hydrogens (primary N) is 1. The van der Waals surface area contributed by atoms with Gasteiger partial charge in [-0.2, -0.15) is 14.2 Å². The Hall–Kier alpha value is -1.39. The zero-order chi connectivity index (χ0) is 19.8. The highest BCUT2D eigenvalue weighted by Crippen LogP contribution is 2.37. The van der Waals surface area contributed by atoms with Gasteiger partial charge in [0.2, 0.25) is 5.95 Å². The molecule has 3 heterocycles. The molecule has 2 aromatic rings. The van der Waals surface area contributed by atoms with E-state index < -0.39 is 6.23 Å². The third-order valence-corrected chi connectivity index (χ3v) is 6.79. The van der Waals surface area contributed by atoms with Crippen molar-refractivity contribution in [2.75, 3.05) is 25.2 Å². The second-order valence-electron chi connectivity index (χ2n) is 7.20. The second-order valence-corrected chi connectivity index (χ2v) is 9.93. The molecule has 0 spiro atoms. The molecule has 1 fully saturated rings. The summed E-state index contributed by atoms with van der Waals surface area (Å²) in [5, 5.41) is 0.208. The van der Waals surface area contributed by atoms with Crippen molar-refractivity contribution in [2.24, 2.45) is 0 Å². The average molecular weight is 415 g/mol. The van der Waals surface area contributed by atoms with Gasteiger partial charge >= 0.3 is 0 Å². The van der Waals surface area contributed by atoms with Gasteiger partial charge in [0.05, 0.1) is 12.9 Å². The number of fused-ring (bicyclic) bond motifs is 1. The van der Waals surface area contributed by atoms with Gasteiger partial charge in [-0.3, -0.25) is 4.57 Å². The van der Waals surface area contributed by atoms with Crippen LogP contribution in [0.5, 0.6) is 0 Å². The molecule has 2 aromatic heterocycles. The predicted octanol–water partition coefficient (Wildman–Crippen LogP) is 2.51. The van der Waals surface area contributed by atoms with Gasteiger partial charge in [-0.05, 0) is 20.8 Å². The van der Waals surface area contributed by atoms with Crippen LogP contribution in [0.15, 0.2) is 19.0 Å². The fourth-order valence-electron chi connectivity index (χ4n) is 2.58. The van der Waals surface area contributed by atoms with E-state index in [0.29, 0.717) is 24.4 Å². The third-order valence-electron chi connectivity index (χ3n) is 4.31. The van der Waals surface area contributed by atoms with Gasteiger partial charge in [-0.25, -0.2) is 4.98 Å². The van der Waals surface area contributed by atoms with Gasteiger partial charge in [0, 0.05) is 0 Å². The van der Waals surface area contributed by atoms with Crippen molar-refractivity contribution in [3.8, 4) is 0 Å². The van der Waals surface area contributed by atoms with Crippen LogP contribution >= 0.6 is 11.6 Å². The summed E-state index contributed by atoms with van der Waals surface area (Å²) in [7, 11) is 0. The molecule has 10 heteroatoms. The predicted molar refractivity (Wildman–Crippen MR) is 108 cm³/mol. The van der Waals surface area contributed by atoms with Crippen LogP contribution in [0, 0.1) is 0 Å². The summed E-state index contributed by atoms with van der Waals surface area (Å²) in [6.45, 7) is 11.0. The fraction of sp³-hybridized carbons (Fsp3) is 0.588. The molecule has 8 nitrogen and oxygen atoms in total. The van der Waals surface area contributed by atoms with Crippen LogP contribution in [0.4, 0.5) is 5.95 Å². The third kappa shape index (κ3) is 4.22. The van der Waals surface area contributed by atoms with Gasteiger partial charge in [-0.15, -0.1) is 6.58 Å². The molecule has 0 bridgehead atoms. The summed E-state index contributed by atoms with van der Waals surface area (Å²) in [6, 6.07) is 0. The first-order chi connectivity index (χ1) is 12.7. The molecule has 0 aliphatic carbocycles. The lowest BCUT2D eigenvalue weighted by Gasteiger charge is -2.43. The lowest BCUT2D eigenvalue weighted by molar-refractivity contribution is -0.275. The lowest BCUT2D eigenvalue weighted by Crippen LogP contribution is -2.54. The summed E-state index contributed by atoms with van der Waals surface area (Å²) in [5.74, 6) is 0.0808. The van der Waals surface area contributed by atoms with Crippen LogP contribution in [0.25, 0.3) is 11.2 Å². The van der Waals surface area contributed by atoms with E-state index in [1.54, 1.807) is 17.0 Å². The van der Waals surface area contributed by atoms with Gasteiger partial charge in [0.25, 0.3) is 0 Å². The Morgan fingerprint density at radius 2 is 2.19 bits per heavy atom. The summed E-state index contributed by atoms with van der Waals surface area (Å²) >= 11 is 5.90. The Morgan fingerprint density at radius 3 is 2.85 bits per heavy atom. The zero-order valence-corrected chi connectivity index (χ0v) is 17.5. The Bertz CT molecular complexity index is 825. The molecule has 27 heavy (non-hydrogen) atoms. The molecule has 2 N–H and O–H groups in total. The van der Waals surface area contributed by atoms with E-state index in [1.165, 1.54) is 0 Å². The van der Waals surface area contributed by atoms with Gasteiger partial charge in [-0.1, -0.05) is 17.7 Å². The quantitative estimate of drug-likeness (QED) is 0.422. The molecule has 0 radical (unpaired) electrons. The second kappa shape index (κ2) is 7.92. The van der Waals surface area contributed by atoms with Crippen molar-refractivity contribution in [1.29, 1.82) is 0 Å². The van der Waals surface area contributed by atoms with E-state index >= 15 is 0 Å². The molecule has 148 valence electrons. The standard InChI is InChI=1S/C17H25ClN5O3S/c1-6-7-24-12-10(8-25-27(5)17(2,3)4)26-15(12)23-9-20-11-13(18)21-16(19)22-14(11)23/h6,9-10,12,15H,1,7-8H2,2-5H3,(H2,19,21,22)/q+1. The number of imidazole rings is 1. The van der Waals surface area contributed by atoms with E-state index in [-0.39, 0.29) is 39.2 Å². The lowest BCUT2D eigenvalue weighted by atomic mass is 10.1. The Labute approximate surface area is 166 Å². The summed E-state index contributed by atoms with van der Waals surface area (Å²) in [4.78, 5) is 12.4. The number of hydrogen-bond donors (Lipinski definition) is 1. The molecule has 1 saturated heterocycles. The number of hydrogen-bond acceptors (Lipinski definition) is 7. The topological polar surface area (TPSA) is 97.3 Å². The highest BCUT2D eigenvalue weighted by atomic mass is 35.5. The van der Waals surface area contributed by atoms with E-state index in [4.69, 9.17) is 31.0 Å². The first-order valence-corrected chi connectivity index (χ1v) is 10.5.